The van der Waals surface area contributed by atoms with Crippen LogP contribution in [0.4, 0.5) is 4.39 Å². The summed E-state index contributed by atoms with van der Waals surface area (Å²) in [6.45, 7) is 12.5. The molecule has 0 radical (unpaired) electrons. The molecule has 1 amide bonds. The predicted molar refractivity (Wildman–Crippen MR) is 134 cm³/mol. The summed E-state index contributed by atoms with van der Waals surface area (Å²) >= 11 is 0. The normalized spacial score (nSPS) is 17.2. The van der Waals surface area contributed by atoms with Gasteiger partial charge in [-0.2, -0.15) is 0 Å². The molecule has 0 aliphatic carbocycles. The van der Waals surface area contributed by atoms with Crippen LogP contribution in [0.1, 0.15) is 26.3 Å². The molecule has 1 fully saturated rings. The van der Waals surface area contributed by atoms with Gasteiger partial charge in [-0.25, -0.2) is 4.39 Å². The molecular formula is C22H37FIN5O2. The van der Waals surface area contributed by atoms with E-state index in [4.69, 9.17) is 4.74 Å². The van der Waals surface area contributed by atoms with Crippen LogP contribution in [-0.4, -0.2) is 75.3 Å². The summed E-state index contributed by atoms with van der Waals surface area (Å²) in [6.07, 6.45) is 0.261. The minimum absolute atomic E-state index is 0. The second-order valence-corrected chi connectivity index (χ2v) is 7.95. The van der Waals surface area contributed by atoms with Crippen molar-refractivity contribution in [2.75, 3.05) is 52.4 Å². The molecule has 2 rings (SSSR count). The Kier molecular flexibility index (Phi) is 13.7. The molecule has 9 heteroatoms. The van der Waals surface area contributed by atoms with Crippen LogP contribution in [-0.2, 0) is 16.0 Å². The molecule has 1 heterocycles. The average molecular weight is 549 g/mol. The lowest BCUT2D eigenvalue weighted by molar-refractivity contribution is -0.120. The lowest BCUT2D eigenvalue weighted by Gasteiger charge is -2.33. The molecule has 176 valence electrons. The van der Waals surface area contributed by atoms with Gasteiger partial charge >= 0.3 is 0 Å². The number of nitrogens with one attached hydrogen (secondary N) is 3. The third-order valence-corrected chi connectivity index (χ3v) is 4.64. The number of carbonyl (C=O) groups is 1. The Bertz CT molecular complexity index is 690. The van der Waals surface area contributed by atoms with E-state index < -0.39 is 0 Å². The second-order valence-electron chi connectivity index (χ2n) is 7.95. The van der Waals surface area contributed by atoms with Gasteiger partial charge in [-0.3, -0.25) is 14.7 Å². The third-order valence-electron chi connectivity index (χ3n) is 4.64. The predicted octanol–water partition coefficient (Wildman–Crippen LogP) is 2.01. The highest BCUT2D eigenvalue weighted by Gasteiger charge is 2.20. The maximum Gasteiger partial charge on any atom is 0.224 e. The number of hydrogen-bond acceptors (Lipinski definition) is 4. The molecule has 0 bridgehead atoms. The van der Waals surface area contributed by atoms with Crippen LogP contribution < -0.4 is 16.0 Å². The first kappa shape index (κ1) is 27.6. The van der Waals surface area contributed by atoms with Crippen molar-refractivity contribution < 1.29 is 13.9 Å². The molecule has 1 aliphatic rings. The molecule has 1 aromatic carbocycles. The van der Waals surface area contributed by atoms with Crippen molar-refractivity contribution in [1.82, 2.24) is 20.9 Å². The first-order valence-corrected chi connectivity index (χ1v) is 10.8. The van der Waals surface area contributed by atoms with Gasteiger partial charge in [0, 0.05) is 39.3 Å². The monoisotopic (exact) mass is 549 g/mol. The van der Waals surface area contributed by atoms with Crippen molar-refractivity contribution in [3.8, 4) is 0 Å². The fourth-order valence-electron chi connectivity index (χ4n) is 3.39. The maximum atomic E-state index is 13.2. The van der Waals surface area contributed by atoms with E-state index in [0.717, 1.165) is 32.8 Å². The zero-order valence-electron chi connectivity index (χ0n) is 18.8. The molecule has 1 saturated heterocycles. The zero-order chi connectivity index (χ0) is 21.8. The smallest absolute Gasteiger partial charge is 0.224 e. The van der Waals surface area contributed by atoms with Crippen LogP contribution in [0.3, 0.4) is 0 Å². The van der Waals surface area contributed by atoms with Crippen molar-refractivity contribution >= 4 is 35.8 Å². The molecule has 1 unspecified atom stereocenters. The van der Waals surface area contributed by atoms with Crippen LogP contribution in [0, 0.1) is 11.7 Å². The SMILES string of the molecule is CCNC(=NCC1CN(CC(C)C)CCO1)NCCNC(=O)Cc1cccc(F)c1.I. The van der Waals surface area contributed by atoms with Gasteiger partial charge in [-0.15, -0.1) is 24.0 Å². The molecular weight excluding hydrogens is 512 g/mol. The van der Waals surface area contributed by atoms with Gasteiger partial charge in [-0.1, -0.05) is 26.0 Å². The largest absolute Gasteiger partial charge is 0.374 e. The minimum atomic E-state index is -0.331. The fraction of sp³-hybridized carbons (Fsp3) is 0.636. The number of amides is 1. The Morgan fingerprint density at radius 1 is 1.29 bits per heavy atom. The van der Waals surface area contributed by atoms with E-state index in [1.54, 1.807) is 12.1 Å². The molecule has 0 aromatic heterocycles. The Morgan fingerprint density at radius 2 is 2.06 bits per heavy atom. The highest BCUT2D eigenvalue weighted by Crippen LogP contribution is 2.08. The lowest BCUT2D eigenvalue weighted by atomic mass is 10.1. The van der Waals surface area contributed by atoms with E-state index in [1.165, 1.54) is 12.1 Å². The molecule has 0 saturated carbocycles. The highest BCUT2D eigenvalue weighted by atomic mass is 127. The van der Waals surface area contributed by atoms with Gasteiger partial charge in [-0.05, 0) is 30.5 Å². The van der Waals surface area contributed by atoms with E-state index in [-0.39, 0.29) is 48.2 Å². The lowest BCUT2D eigenvalue weighted by Crippen LogP contribution is -2.46. The number of hydrogen-bond donors (Lipinski definition) is 3. The van der Waals surface area contributed by atoms with Gasteiger partial charge in [0.25, 0.3) is 0 Å². The Labute approximate surface area is 202 Å². The average Bonchev–Trinajstić information content (AvgIpc) is 2.69. The number of morpholine rings is 1. The van der Waals surface area contributed by atoms with E-state index in [9.17, 15) is 9.18 Å². The number of ether oxygens (including phenoxy) is 1. The topological polar surface area (TPSA) is 78.0 Å². The molecule has 31 heavy (non-hydrogen) atoms. The molecule has 1 aliphatic heterocycles. The molecule has 1 atom stereocenters. The van der Waals surface area contributed by atoms with E-state index in [0.29, 0.717) is 37.1 Å². The number of rotatable bonds is 10. The van der Waals surface area contributed by atoms with Crippen molar-refractivity contribution in [2.24, 2.45) is 10.9 Å². The van der Waals surface area contributed by atoms with E-state index >= 15 is 0 Å². The van der Waals surface area contributed by atoms with Gasteiger partial charge in [0.05, 0.1) is 25.7 Å². The van der Waals surface area contributed by atoms with Gasteiger partial charge in [0.2, 0.25) is 5.91 Å². The van der Waals surface area contributed by atoms with Gasteiger partial charge < -0.3 is 20.7 Å². The zero-order valence-corrected chi connectivity index (χ0v) is 21.2. The van der Waals surface area contributed by atoms with E-state index in [1.807, 2.05) is 6.92 Å². The number of carbonyl (C=O) groups excluding carboxylic acids is 1. The number of benzene rings is 1. The fourth-order valence-corrected chi connectivity index (χ4v) is 3.39. The standard InChI is InChI=1S/C22H36FN5O2.HI/c1-4-24-22(27-14-20-16-28(10-11-30-20)15-17(2)3)26-9-8-25-21(29)13-18-6-5-7-19(23)12-18;/h5-7,12,17,20H,4,8-11,13-16H2,1-3H3,(H,25,29)(H2,24,26,27);1H. The number of aliphatic imine (C=N–C) groups is 1. The van der Waals surface area contributed by atoms with Crippen LogP contribution in [0.5, 0.6) is 0 Å². The van der Waals surface area contributed by atoms with Crippen molar-refractivity contribution in [3.05, 3.63) is 35.6 Å². The van der Waals surface area contributed by atoms with Gasteiger partial charge in [0.1, 0.15) is 5.82 Å². The van der Waals surface area contributed by atoms with Crippen LogP contribution in [0.25, 0.3) is 0 Å². The third kappa shape index (κ3) is 11.6. The van der Waals surface area contributed by atoms with Crippen molar-refractivity contribution in [2.45, 2.75) is 33.3 Å². The molecule has 3 N–H and O–H groups in total. The molecule has 1 aromatic rings. The molecule has 0 spiro atoms. The van der Waals surface area contributed by atoms with Crippen molar-refractivity contribution in [1.29, 1.82) is 0 Å². The van der Waals surface area contributed by atoms with Crippen LogP contribution in [0.15, 0.2) is 29.3 Å². The summed E-state index contributed by atoms with van der Waals surface area (Å²) < 4.78 is 19.0. The minimum Gasteiger partial charge on any atom is -0.374 e. The summed E-state index contributed by atoms with van der Waals surface area (Å²) in [5, 5.41) is 9.28. The summed E-state index contributed by atoms with van der Waals surface area (Å²) in [6, 6.07) is 6.10. The van der Waals surface area contributed by atoms with Crippen LogP contribution >= 0.6 is 24.0 Å². The summed E-state index contributed by atoms with van der Waals surface area (Å²) in [7, 11) is 0. The maximum absolute atomic E-state index is 13.2. The summed E-state index contributed by atoms with van der Waals surface area (Å²) in [5.74, 6) is 0.886. The quantitative estimate of drug-likeness (QED) is 0.180. The van der Waals surface area contributed by atoms with Gasteiger partial charge in [0.15, 0.2) is 5.96 Å². The number of guanidine groups is 1. The Balaban J connectivity index is 0.00000480. The summed E-state index contributed by atoms with van der Waals surface area (Å²) in [4.78, 5) is 19.1. The second kappa shape index (κ2) is 15.4. The van der Waals surface area contributed by atoms with Crippen molar-refractivity contribution in [3.63, 3.8) is 0 Å². The van der Waals surface area contributed by atoms with Crippen LogP contribution in [0.2, 0.25) is 0 Å². The highest BCUT2D eigenvalue weighted by molar-refractivity contribution is 14.0. The Hall–Kier alpha value is -1.46. The number of nitrogens with zero attached hydrogens (tertiary/aromatic N) is 2. The first-order chi connectivity index (χ1) is 14.5. The first-order valence-electron chi connectivity index (χ1n) is 10.8. The number of halogens is 2. The van der Waals surface area contributed by atoms with E-state index in [2.05, 4.69) is 39.7 Å². The Morgan fingerprint density at radius 3 is 2.77 bits per heavy atom. The summed E-state index contributed by atoms with van der Waals surface area (Å²) in [5.41, 5.74) is 0.661. The molecule has 7 nitrogen and oxygen atoms in total.